The third-order valence-electron chi connectivity index (χ3n) is 3.53. The summed E-state index contributed by atoms with van der Waals surface area (Å²) in [6.07, 6.45) is 0. The van der Waals surface area contributed by atoms with Crippen LogP contribution in [-0.4, -0.2) is 15.1 Å². The second-order valence-electron chi connectivity index (χ2n) is 5.45. The van der Waals surface area contributed by atoms with Gasteiger partial charge in [0.15, 0.2) is 0 Å². The van der Waals surface area contributed by atoms with E-state index in [0.717, 1.165) is 16.8 Å². The topological polar surface area (TPSA) is 75.6 Å². The summed E-state index contributed by atoms with van der Waals surface area (Å²) in [7, 11) is 0. The van der Waals surface area contributed by atoms with E-state index in [-0.39, 0.29) is 5.25 Å². The third-order valence-corrected chi connectivity index (χ3v) is 4.61. The van der Waals surface area contributed by atoms with Gasteiger partial charge in [0.2, 0.25) is 11.7 Å². The fourth-order valence-corrected chi connectivity index (χ4v) is 3.40. The summed E-state index contributed by atoms with van der Waals surface area (Å²) in [5.41, 5.74) is 3.32. The van der Waals surface area contributed by atoms with Gasteiger partial charge in [0, 0.05) is 11.3 Å². The quantitative estimate of drug-likeness (QED) is 0.654. The average Bonchev–Trinajstić information content (AvgIpc) is 3.05. The van der Waals surface area contributed by atoms with Crippen LogP contribution in [0.1, 0.15) is 34.9 Å². The zero-order chi connectivity index (χ0) is 17.1. The Hall–Kier alpha value is -2.65. The molecule has 0 N–H and O–H groups in total. The first-order valence-corrected chi connectivity index (χ1v) is 8.40. The number of rotatable bonds is 4. The molecule has 2 aromatic heterocycles. The van der Waals surface area contributed by atoms with Crippen molar-refractivity contribution >= 4 is 11.8 Å². The first-order valence-electron chi connectivity index (χ1n) is 7.52. The smallest absolute Gasteiger partial charge is 0.240 e. The fourth-order valence-electron chi connectivity index (χ4n) is 2.35. The van der Waals surface area contributed by atoms with Gasteiger partial charge in [-0.1, -0.05) is 47.3 Å². The van der Waals surface area contributed by atoms with Crippen LogP contribution in [0.25, 0.3) is 11.4 Å². The number of pyridine rings is 1. The maximum absolute atomic E-state index is 9.37. The van der Waals surface area contributed by atoms with E-state index >= 15 is 0 Å². The molecule has 0 bridgehead atoms. The van der Waals surface area contributed by atoms with Gasteiger partial charge in [-0.3, -0.25) is 0 Å². The highest BCUT2D eigenvalue weighted by Gasteiger charge is 2.19. The van der Waals surface area contributed by atoms with E-state index < -0.39 is 0 Å². The Morgan fingerprint density at radius 2 is 1.92 bits per heavy atom. The highest BCUT2D eigenvalue weighted by Crippen LogP contribution is 2.36. The number of nitriles is 1. The molecule has 0 fully saturated rings. The van der Waals surface area contributed by atoms with Crippen LogP contribution < -0.4 is 0 Å². The minimum absolute atomic E-state index is 0.101. The lowest BCUT2D eigenvalue weighted by Crippen LogP contribution is -1.97. The second kappa shape index (κ2) is 6.85. The molecule has 0 saturated heterocycles. The molecule has 120 valence electrons. The van der Waals surface area contributed by atoms with E-state index in [0.29, 0.717) is 22.3 Å². The van der Waals surface area contributed by atoms with Crippen molar-refractivity contribution in [2.24, 2.45) is 0 Å². The van der Waals surface area contributed by atoms with Crippen molar-refractivity contribution in [2.45, 2.75) is 31.0 Å². The van der Waals surface area contributed by atoms with Gasteiger partial charge in [0.25, 0.3) is 0 Å². The molecule has 0 aliphatic heterocycles. The van der Waals surface area contributed by atoms with Crippen molar-refractivity contribution in [3.63, 3.8) is 0 Å². The van der Waals surface area contributed by atoms with Gasteiger partial charge < -0.3 is 4.52 Å². The molecule has 3 aromatic rings. The van der Waals surface area contributed by atoms with E-state index in [1.165, 1.54) is 11.8 Å². The van der Waals surface area contributed by atoms with E-state index in [4.69, 9.17) is 4.52 Å². The first-order chi connectivity index (χ1) is 11.6. The largest absolute Gasteiger partial charge is 0.338 e. The van der Waals surface area contributed by atoms with Crippen LogP contribution in [0.3, 0.4) is 0 Å². The van der Waals surface area contributed by atoms with E-state index in [1.807, 2.05) is 57.2 Å². The van der Waals surface area contributed by atoms with Crippen LogP contribution in [0, 0.1) is 25.2 Å². The highest BCUT2D eigenvalue weighted by molar-refractivity contribution is 7.99. The van der Waals surface area contributed by atoms with Crippen LogP contribution in [0.4, 0.5) is 0 Å². The summed E-state index contributed by atoms with van der Waals surface area (Å²) in [6, 6.07) is 13.8. The molecular formula is C18H16N4OS. The van der Waals surface area contributed by atoms with E-state index in [9.17, 15) is 5.26 Å². The van der Waals surface area contributed by atoms with Crippen LogP contribution in [0.15, 0.2) is 45.9 Å². The molecular weight excluding hydrogens is 320 g/mol. The van der Waals surface area contributed by atoms with Gasteiger partial charge in [-0.05, 0) is 32.4 Å². The Balaban J connectivity index is 1.85. The summed E-state index contributed by atoms with van der Waals surface area (Å²) >= 11 is 1.45. The van der Waals surface area contributed by atoms with Crippen LogP contribution in [-0.2, 0) is 0 Å². The second-order valence-corrected chi connectivity index (χ2v) is 6.78. The molecule has 0 aliphatic carbocycles. The summed E-state index contributed by atoms with van der Waals surface area (Å²) in [6.45, 7) is 5.80. The van der Waals surface area contributed by atoms with Crippen LogP contribution in [0.5, 0.6) is 0 Å². The molecule has 0 saturated carbocycles. The molecule has 0 amide bonds. The van der Waals surface area contributed by atoms with E-state index in [2.05, 4.69) is 21.2 Å². The molecule has 6 heteroatoms. The molecule has 3 rings (SSSR count). The normalized spacial score (nSPS) is 11.9. The number of benzene rings is 1. The zero-order valence-corrected chi connectivity index (χ0v) is 14.5. The molecule has 0 radical (unpaired) electrons. The summed E-state index contributed by atoms with van der Waals surface area (Å²) in [5, 5.41) is 14.0. The van der Waals surface area contributed by atoms with Gasteiger partial charge >= 0.3 is 0 Å². The summed E-state index contributed by atoms with van der Waals surface area (Å²) in [4.78, 5) is 8.95. The highest BCUT2D eigenvalue weighted by atomic mass is 32.2. The number of aryl methyl sites for hydroxylation is 2. The van der Waals surface area contributed by atoms with Gasteiger partial charge in [0.1, 0.15) is 11.1 Å². The zero-order valence-electron chi connectivity index (χ0n) is 13.6. The molecule has 24 heavy (non-hydrogen) atoms. The van der Waals surface area contributed by atoms with Gasteiger partial charge in [-0.15, -0.1) is 0 Å². The molecule has 5 nitrogen and oxygen atoms in total. The van der Waals surface area contributed by atoms with Crippen LogP contribution >= 0.6 is 11.8 Å². The Morgan fingerprint density at radius 3 is 2.62 bits per heavy atom. The van der Waals surface area contributed by atoms with Crippen molar-refractivity contribution in [2.75, 3.05) is 0 Å². The molecule has 0 spiro atoms. The summed E-state index contributed by atoms with van der Waals surface area (Å²) < 4.78 is 5.39. The Labute approximate surface area is 144 Å². The van der Waals surface area contributed by atoms with Crippen LogP contribution in [0.2, 0.25) is 0 Å². The first kappa shape index (κ1) is 16.2. The maximum atomic E-state index is 9.37. The van der Waals surface area contributed by atoms with Crippen molar-refractivity contribution in [1.29, 1.82) is 5.26 Å². The van der Waals surface area contributed by atoms with Crippen molar-refractivity contribution in [1.82, 2.24) is 15.1 Å². The number of aromatic nitrogens is 3. The van der Waals surface area contributed by atoms with Gasteiger partial charge in [-0.2, -0.15) is 10.2 Å². The van der Waals surface area contributed by atoms with E-state index in [1.54, 1.807) is 0 Å². The fraction of sp³-hybridized carbons (Fsp3) is 0.222. The van der Waals surface area contributed by atoms with Gasteiger partial charge in [0.05, 0.1) is 10.8 Å². The minimum atomic E-state index is -0.101. The number of hydrogen-bond acceptors (Lipinski definition) is 6. The lowest BCUT2D eigenvalue weighted by atomic mass is 10.1. The minimum Gasteiger partial charge on any atom is -0.338 e. The average molecular weight is 336 g/mol. The standard InChI is InChI=1S/C18H16N4OS/c1-11-9-12(2)20-18(15(11)10-19)24-13(3)17-21-16(22-23-17)14-7-5-4-6-8-14/h4-9,13H,1-3H3. The third kappa shape index (κ3) is 3.31. The molecule has 0 aliphatic rings. The molecule has 1 atom stereocenters. The monoisotopic (exact) mass is 336 g/mol. The molecule has 2 heterocycles. The SMILES string of the molecule is Cc1cc(C)c(C#N)c(SC(C)c2nc(-c3ccccc3)no2)n1. The van der Waals surface area contributed by atoms with Gasteiger partial charge in [-0.25, -0.2) is 4.98 Å². The Kier molecular flexibility index (Phi) is 4.63. The number of thioether (sulfide) groups is 1. The van der Waals surface area contributed by atoms with Crippen molar-refractivity contribution < 1.29 is 4.52 Å². The molecule has 1 unspecified atom stereocenters. The lowest BCUT2D eigenvalue weighted by Gasteiger charge is -2.10. The van der Waals surface area contributed by atoms with Crippen molar-refractivity contribution in [3.05, 3.63) is 59.1 Å². The predicted molar refractivity (Wildman–Crippen MR) is 92.4 cm³/mol. The summed E-state index contributed by atoms with van der Waals surface area (Å²) in [5.74, 6) is 1.08. The van der Waals surface area contributed by atoms with Crippen molar-refractivity contribution in [3.8, 4) is 17.5 Å². The predicted octanol–water partition coefficient (Wildman–Crippen LogP) is 4.47. The number of hydrogen-bond donors (Lipinski definition) is 0. The lowest BCUT2D eigenvalue weighted by molar-refractivity contribution is 0.380. The number of nitrogens with zero attached hydrogens (tertiary/aromatic N) is 4. The Bertz CT molecular complexity index is 899. The Morgan fingerprint density at radius 1 is 1.17 bits per heavy atom. The molecule has 1 aromatic carbocycles. The maximum Gasteiger partial charge on any atom is 0.240 e.